The summed E-state index contributed by atoms with van der Waals surface area (Å²) in [6.45, 7) is 19.7. The number of aryl methyl sites for hydroxylation is 1. The van der Waals surface area contributed by atoms with E-state index < -0.39 is 0 Å². The molecule has 0 atom stereocenters. The molecule has 0 aliphatic heterocycles. The largest absolute Gasteiger partial charge is 0.311 e. The standard InChI is InChI=1S/C18H33N3/c1-8-21(12-16-11-9-10-15(2)20-16)14-18(6,7)13-19-17(3,4)5/h9-11,19H,8,12-14H2,1-7H3. The summed E-state index contributed by atoms with van der Waals surface area (Å²) in [5.41, 5.74) is 2.67. The van der Waals surface area contributed by atoms with Gasteiger partial charge >= 0.3 is 0 Å². The SMILES string of the molecule is CCN(Cc1cccc(C)n1)CC(C)(C)CNC(C)(C)C. The first-order valence-electron chi connectivity index (χ1n) is 8.01. The number of nitrogens with zero attached hydrogens (tertiary/aromatic N) is 2. The highest BCUT2D eigenvalue weighted by Crippen LogP contribution is 2.18. The minimum absolute atomic E-state index is 0.173. The van der Waals surface area contributed by atoms with Gasteiger partial charge in [-0.1, -0.05) is 26.8 Å². The molecule has 0 aliphatic rings. The van der Waals surface area contributed by atoms with E-state index in [1.807, 2.05) is 0 Å². The van der Waals surface area contributed by atoms with Crippen LogP contribution in [0.2, 0.25) is 0 Å². The summed E-state index contributed by atoms with van der Waals surface area (Å²) in [5.74, 6) is 0. The van der Waals surface area contributed by atoms with E-state index in [2.05, 4.69) is 81.9 Å². The van der Waals surface area contributed by atoms with Gasteiger partial charge in [-0.05, 0) is 51.8 Å². The maximum Gasteiger partial charge on any atom is 0.0547 e. The molecule has 120 valence electrons. The maximum absolute atomic E-state index is 4.62. The van der Waals surface area contributed by atoms with Gasteiger partial charge in [-0.25, -0.2) is 0 Å². The van der Waals surface area contributed by atoms with Gasteiger partial charge < -0.3 is 5.32 Å². The fourth-order valence-electron chi connectivity index (χ4n) is 2.36. The Labute approximate surface area is 131 Å². The molecule has 0 unspecified atom stereocenters. The van der Waals surface area contributed by atoms with Crippen molar-refractivity contribution in [1.82, 2.24) is 15.2 Å². The highest BCUT2D eigenvalue weighted by Gasteiger charge is 2.23. The molecule has 1 rings (SSSR count). The fraction of sp³-hybridized carbons (Fsp3) is 0.722. The van der Waals surface area contributed by atoms with Gasteiger partial charge in [-0.2, -0.15) is 0 Å². The molecule has 0 spiro atoms. The van der Waals surface area contributed by atoms with Gasteiger partial charge in [-0.3, -0.25) is 9.88 Å². The Morgan fingerprint density at radius 3 is 2.33 bits per heavy atom. The third kappa shape index (κ3) is 7.58. The lowest BCUT2D eigenvalue weighted by atomic mass is 9.91. The van der Waals surface area contributed by atoms with Crippen molar-refractivity contribution >= 4 is 0 Å². The summed E-state index contributed by atoms with van der Waals surface area (Å²) in [5, 5.41) is 3.62. The average Bonchev–Trinajstić information content (AvgIpc) is 2.35. The van der Waals surface area contributed by atoms with Crippen molar-refractivity contribution in [3.05, 3.63) is 29.6 Å². The van der Waals surface area contributed by atoms with Gasteiger partial charge in [0, 0.05) is 30.9 Å². The first-order chi connectivity index (χ1) is 9.61. The van der Waals surface area contributed by atoms with Crippen LogP contribution in [0.1, 0.15) is 52.9 Å². The molecular formula is C18H33N3. The van der Waals surface area contributed by atoms with Gasteiger partial charge in [0.2, 0.25) is 0 Å². The lowest BCUT2D eigenvalue weighted by Gasteiger charge is -2.35. The quantitative estimate of drug-likeness (QED) is 0.831. The Balaban J connectivity index is 2.60. The molecule has 0 bridgehead atoms. The molecule has 0 saturated carbocycles. The van der Waals surface area contributed by atoms with Gasteiger partial charge in [0.15, 0.2) is 0 Å². The smallest absolute Gasteiger partial charge is 0.0547 e. The Morgan fingerprint density at radius 2 is 1.81 bits per heavy atom. The average molecular weight is 291 g/mol. The highest BCUT2D eigenvalue weighted by atomic mass is 15.1. The van der Waals surface area contributed by atoms with Gasteiger partial charge in [0.1, 0.15) is 0 Å². The van der Waals surface area contributed by atoms with Crippen LogP contribution in [0.3, 0.4) is 0 Å². The van der Waals surface area contributed by atoms with Crippen LogP contribution in [0.25, 0.3) is 0 Å². The van der Waals surface area contributed by atoms with Crippen molar-refractivity contribution < 1.29 is 0 Å². The summed E-state index contributed by atoms with van der Waals surface area (Å²) in [6, 6.07) is 6.27. The van der Waals surface area contributed by atoms with Crippen LogP contribution in [0.15, 0.2) is 18.2 Å². The molecule has 0 aliphatic carbocycles. The van der Waals surface area contributed by atoms with E-state index in [1.165, 1.54) is 0 Å². The molecule has 1 N–H and O–H groups in total. The lowest BCUT2D eigenvalue weighted by molar-refractivity contribution is 0.164. The van der Waals surface area contributed by atoms with Crippen LogP contribution < -0.4 is 5.32 Å². The van der Waals surface area contributed by atoms with Crippen molar-refractivity contribution in [2.75, 3.05) is 19.6 Å². The number of hydrogen-bond acceptors (Lipinski definition) is 3. The number of hydrogen-bond donors (Lipinski definition) is 1. The van der Waals surface area contributed by atoms with E-state index in [4.69, 9.17) is 0 Å². The molecule has 3 nitrogen and oxygen atoms in total. The molecule has 0 aromatic carbocycles. The van der Waals surface area contributed by atoms with Crippen molar-refractivity contribution in [3.8, 4) is 0 Å². The second-order valence-corrected chi connectivity index (χ2v) is 7.84. The second kappa shape index (κ2) is 7.37. The predicted molar refractivity (Wildman–Crippen MR) is 91.5 cm³/mol. The molecule has 0 amide bonds. The Bertz CT molecular complexity index is 432. The minimum atomic E-state index is 0.173. The monoisotopic (exact) mass is 291 g/mol. The molecule has 0 fully saturated rings. The predicted octanol–water partition coefficient (Wildman–Crippen LogP) is 3.63. The number of rotatable bonds is 7. The lowest BCUT2D eigenvalue weighted by Crippen LogP contribution is -2.46. The van der Waals surface area contributed by atoms with Crippen LogP contribution >= 0.6 is 0 Å². The Hall–Kier alpha value is -0.930. The zero-order valence-corrected chi connectivity index (χ0v) is 15.0. The summed E-state index contributed by atoms with van der Waals surface area (Å²) >= 11 is 0. The third-order valence-corrected chi connectivity index (χ3v) is 3.53. The summed E-state index contributed by atoms with van der Waals surface area (Å²) in [7, 11) is 0. The number of pyridine rings is 1. The van der Waals surface area contributed by atoms with Crippen LogP contribution in [0.5, 0.6) is 0 Å². The Kier molecular flexibility index (Phi) is 6.36. The fourth-order valence-corrected chi connectivity index (χ4v) is 2.36. The van der Waals surface area contributed by atoms with Crippen LogP contribution in [0.4, 0.5) is 0 Å². The molecule has 21 heavy (non-hydrogen) atoms. The van der Waals surface area contributed by atoms with E-state index in [1.54, 1.807) is 0 Å². The summed E-state index contributed by atoms with van der Waals surface area (Å²) in [4.78, 5) is 7.10. The van der Waals surface area contributed by atoms with Crippen molar-refractivity contribution in [2.45, 2.75) is 60.5 Å². The number of aromatic nitrogens is 1. The van der Waals surface area contributed by atoms with Crippen LogP contribution in [-0.2, 0) is 6.54 Å². The van der Waals surface area contributed by atoms with E-state index in [9.17, 15) is 0 Å². The molecule has 1 aromatic rings. The summed E-state index contributed by atoms with van der Waals surface area (Å²) < 4.78 is 0. The Morgan fingerprint density at radius 1 is 1.14 bits per heavy atom. The maximum atomic E-state index is 4.62. The topological polar surface area (TPSA) is 28.2 Å². The van der Waals surface area contributed by atoms with E-state index in [0.717, 1.165) is 37.6 Å². The zero-order chi connectivity index (χ0) is 16.1. The normalized spacial score (nSPS) is 13.0. The van der Waals surface area contributed by atoms with Gasteiger partial charge in [0.05, 0.1) is 5.69 Å². The first kappa shape index (κ1) is 18.1. The zero-order valence-electron chi connectivity index (χ0n) is 15.0. The first-order valence-corrected chi connectivity index (χ1v) is 8.01. The molecule has 1 aromatic heterocycles. The third-order valence-electron chi connectivity index (χ3n) is 3.53. The highest BCUT2D eigenvalue weighted by molar-refractivity contribution is 5.09. The molecule has 0 radical (unpaired) electrons. The van der Waals surface area contributed by atoms with E-state index in [-0.39, 0.29) is 11.0 Å². The molecule has 1 heterocycles. The molecule has 3 heteroatoms. The van der Waals surface area contributed by atoms with Crippen LogP contribution in [0, 0.1) is 12.3 Å². The molecule has 0 saturated heterocycles. The summed E-state index contributed by atoms with van der Waals surface area (Å²) in [6.07, 6.45) is 0. The van der Waals surface area contributed by atoms with E-state index in [0.29, 0.717) is 0 Å². The van der Waals surface area contributed by atoms with Gasteiger partial charge in [-0.15, -0.1) is 0 Å². The van der Waals surface area contributed by atoms with Crippen molar-refractivity contribution in [3.63, 3.8) is 0 Å². The van der Waals surface area contributed by atoms with Crippen molar-refractivity contribution in [2.24, 2.45) is 5.41 Å². The van der Waals surface area contributed by atoms with Gasteiger partial charge in [0.25, 0.3) is 0 Å². The van der Waals surface area contributed by atoms with E-state index >= 15 is 0 Å². The minimum Gasteiger partial charge on any atom is -0.311 e. The second-order valence-electron chi connectivity index (χ2n) is 7.84. The van der Waals surface area contributed by atoms with Crippen LogP contribution in [-0.4, -0.2) is 35.1 Å². The molecular weight excluding hydrogens is 258 g/mol. The number of nitrogens with one attached hydrogen (secondary N) is 1. The van der Waals surface area contributed by atoms with Crippen molar-refractivity contribution in [1.29, 1.82) is 0 Å².